The average molecular weight is 430 g/mol. The summed E-state index contributed by atoms with van der Waals surface area (Å²) in [5.74, 6) is 0.680. The highest BCUT2D eigenvalue weighted by Gasteiger charge is 2.17. The molecule has 0 fully saturated rings. The number of anilines is 1. The van der Waals surface area contributed by atoms with E-state index in [2.05, 4.69) is 15.5 Å². The number of benzene rings is 2. The highest BCUT2D eigenvalue weighted by atomic mass is 16.5. The van der Waals surface area contributed by atoms with Gasteiger partial charge >= 0.3 is 0 Å². The molecule has 0 unspecified atom stereocenters. The first kappa shape index (κ1) is 21.0. The van der Waals surface area contributed by atoms with Crippen LogP contribution >= 0.6 is 0 Å². The van der Waals surface area contributed by atoms with Gasteiger partial charge in [0, 0.05) is 11.8 Å². The van der Waals surface area contributed by atoms with Crippen LogP contribution in [-0.2, 0) is 11.3 Å². The van der Waals surface area contributed by atoms with Gasteiger partial charge < -0.3 is 19.1 Å². The molecule has 0 aliphatic carbocycles. The second-order valence-electron chi connectivity index (χ2n) is 7.34. The molecule has 0 saturated carbocycles. The molecule has 8 nitrogen and oxygen atoms in total. The van der Waals surface area contributed by atoms with Crippen molar-refractivity contribution in [2.24, 2.45) is 0 Å². The normalized spacial score (nSPS) is 10.7. The molecular weight excluding hydrogens is 408 g/mol. The molecule has 162 valence electrons. The molecule has 1 N–H and O–H groups in total. The number of aryl methyl sites for hydroxylation is 2. The van der Waals surface area contributed by atoms with Crippen molar-refractivity contribution >= 4 is 11.6 Å². The first-order valence-electron chi connectivity index (χ1n) is 10.0. The third-order valence-electron chi connectivity index (χ3n) is 5.01. The van der Waals surface area contributed by atoms with Crippen molar-refractivity contribution in [1.29, 1.82) is 0 Å². The summed E-state index contributed by atoms with van der Waals surface area (Å²) in [6.45, 7) is 3.68. The Hall–Kier alpha value is -4.20. The maximum atomic E-state index is 13.0. The summed E-state index contributed by atoms with van der Waals surface area (Å²) in [5.41, 5.74) is 3.15. The zero-order valence-corrected chi connectivity index (χ0v) is 18.0. The van der Waals surface area contributed by atoms with Crippen molar-refractivity contribution in [3.8, 4) is 28.6 Å². The standard InChI is InChI=1S/C24H22N4O4/c1-15-10-11-20(31-3)19(13-15)25-21(29)14-28-12-6-9-18(24(28)30)23-26-22(27-32-23)17-8-5-4-7-16(17)2/h4-13H,14H2,1-3H3,(H,25,29). The number of pyridine rings is 1. The Kier molecular flexibility index (Phi) is 5.85. The number of rotatable bonds is 6. The molecule has 1 amide bonds. The van der Waals surface area contributed by atoms with E-state index in [0.29, 0.717) is 17.3 Å². The number of nitrogens with zero attached hydrogens (tertiary/aromatic N) is 3. The van der Waals surface area contributed by atoms with Crippen molar-refractivity contribution in [2.75, 3.05) is 12.4 Å². The number of aromatic nitrogens is 3. The summed E-state index contributed by atoms with van der Waals surface area (Å²) in [6, 6.07) is 16.4. The molecule has 2 heterocycles. The zero-order valence-electron chi connectivity index (χ0n) is 18.0. The van der Waals surface area contributed by atoms with Gasteiger partial charge in [-0.1, -0.05) is 35.5 Å². The van der Waals surface area contributed by atoms with Gasteiger partial charge in [-0.3, -0.25) is 9.59 Å². The molecule has 0 aliphatic heterocycles. The maximum Gasteiger partial charge on any atom is 0.263 e. The fraction of sp³-hybridized carbons (Fsp3) is 0.167. The number of ether oxygens (including phenoxy) is 1. The maximum absolute atomic E-state index is 13.0. The third kappa shape index (κ3) is 4.29. The minimum Gasteiger partial charge on any atom is -0.495 e. The molecule has 4 aromatic rings. The van der Waals surface area contributed by atoms with Crippen molar-refractivity contribution in [1.82, 2.24) is 14.7 Å². The molecule has 0 saturated heterocycles. The topological polar surface area (TPSA) is 99.2 Å². The van der Waals surface area contributed by atoms with E-state index < -0.39 is 5.56 Å². The summed E-state index contributed by atoms with van der Waals surface area (Å²) in [6.07, 6.45) is 1.54. The van der Waals surface area contributed by atoms with Gasteiger partial charge in [-0.25, -0.2) is 0 Å². The highest BCUT2D eigenvalue weighted by Crippen LogP contribution is 2.25. The molecule has 2 aromatic heterocycles. The van der Waals surface area contributed by atoms with Gasteiger partial charge in [-0.05, 0) is 49.2 Å². The van der Waals surface area contributed by atoms with Crippen LogP contribution in [0.1, 0.15) is 11.1 Å². The number of hydrogen-bond donors (Lipinski definition) is 1. The lowest BCUT2D eigenvalue weighted by Gasteiger charge is -2.12. The van der Waals surface area contributed by atoms with E-state index in [1.165, 1.54) is 17.9 Å². The van der Waals surface area contributed by atoms with E-state index in [1.54, 1.807) is 18.2 Å². The number of carbonyl (C=O) groups is 1. The molecule has 0 atom stereocenters. The van der Waals surface area contributed by atoms with Crippen LogP contribution in [0.4, 0.5) is 5.69 Å². The monoisotopic (exact) mass is 430 g/mol. The second kappa shape index (κ2) is 8.89. The largest absolute Gasteiger partial charge is 0.495 e. The predicted molar refractivity (Wildman–Crippen MR) is 121 cm³/mol. The van der Waals surface area contributed by atoms with E-state index in [4.69, 9.17) is 9.26 Å². The average Bonchev–Trinajstić information content (AvgIpc) is 3.25. The van der Waals surface area contributed by atoms with Gasteiger partial charge in [-0.15, -0.1) is 0 Å². The lowest BCUT2D eigenvalue weighted by atomic mass is 10.1. The van der Waals surface area contributed by atoms with E-state index in [1.807, 2.05) is 50.2 Å². The van der Waals surface area contributed by atoms with Gasteiger partial charge in [0.05, 0.1) is 12.8 Å². The van der Waals surface area contributed by atoms with Crippen molar-refractivity contribution < 1.29 is 14.1 Å². The highest BCUT2D eigenvalue weighted by molar-refractivity contribution is 5.92. The second-order valence-corrected chi connectivity index (χ2v) is 7.34. The number of nitrogens with one attached hydrogen (secondary N) is 1. The Morgan fingerprint density at radius 1 is 1.09 bits per heavy atom. The predicted octanol–water partition coefficient (Wildman–Crippen LogP) is 3.83. The number of hydrogen-bond acceptors (Lipinski definition) is 6. The van der Waals surface area contributed by atoms with Gasteiger partial charge in [0.1, 0.15) is 17.9 Å². The van der Waals surface area contributed by atoms with E-state index in [-0.39, 0.29) is 23.9 Å². The van der Waals surface area contributed by atoms with Crippen LogP contribution in [0.15, 0.2) is 70.1 Å². The lowest BCUT2D eigenvalue weighted by Crippen LogP contribution is -2.28. The first-order valence-corrected chi connectivity index (χ1v) is 10.0. The molecule has 0 bridgehead atoms. The molecule has 0 spiro atoms. The van der Waals surface area contributed by atoms with Gasteiger partial charge in [0.25, 0.3) is 11.4 Å². The van der Waals surface area contributed by atoms with E-state index >= 15 is 0 Å². The minimum atomic E-state index is -0.404. The van der Waals surface area contributed by atoms with Gasteiger partial charge in [0.2, 0.25) is 11.7 Å². The third-order valence-corrected chi connectivity index (χ3v) is 5.01. The summed E-state index contributed by atoms with van der Waals surface area (Å²) < 4.78 is 11.9. The van der Waals surface area contributed by atoms with Crippen LogP contribution in [-0.4, -0.2) is 27.7 Å². The minimum absolute atomic E-state index is 0.100. The summed E-state index contributed by atoms with van der Waals surface area (Å²) in [5, 5.41) is 6.81. The molecule has 2 aromatic carbocycles. The van der Waals surface area contributed by atoms with Crippen LogP contribution < -0.4 is 15.6 Å². The molecule has 0 aliphatic rings. The smallest absolute Gasteiger partial charge is 0.263 e. The molecule has 4 rings (SSSR count). The first-order chi connectivity index (χ1) is 15.5. The van der Waals surface area contributed by atoms with Crippen molar-refractivity contribution in [3.05, 3.63) is 82.3 Å². The van der Waals surface area contributed by atoms with Gasteiger partial charge in [-0.2, -0.15) is 4.98 Å². The number of carbonyl (C=O) groups excluding carboxylic acids is 1. The van der Waals surface area contributed by atoms with Crippen LogP contribution in [0.2, 0.25) is 0 Å². The Bertz CT molecular complexity index is 1340. The van der Waals surface area contributed by atoms with Crippen LogP contribution in [0.25, 0.3) is 22.8 Å². The summed E-state index contributed by atoms with van der Waals surface area (Å²) in [7, 11) is 1.53. The van der Waals surface area contributed by atoms with E-state index in [0.717, 1.165) is 16.7 Å². The zero-order chi connectivity index (χ0) is 22.7. The number of methoxy groups -OCH3 is 1. The summed E-state index contributed by atoms with van der Waals surface area (Å²) >= 11 is 0. The SMILES string of the molecule is COc1ccc(C)cc1NC(=O)Cn1cccc(-c2nc(-c3ccccc3C)no2)c1=O. The van der Waals surface area contributed by atoms with Crippen LogP contribution in [0, 0.1) is 13.8 Å². The molecular formula is C24H22N4O4. The molecule has 0 radical (unpaired) electrons. The van der Waals surface area contributed by atoms with Crippen molar-refractivity contribution in [3.63, 3.8) is 0 Å². The van der Waals surface area contributed by atoms with E-state index in [9.17, 15) is 9.59 Å². The Balaban J connectivity index is 1.57. The van der Waals surface area contributed by atoms with Crippen molar-refractivity contribution in [2.45, 2.75) is 20.4 Å². The molecule has 32 heavy (non-hydrogen) atoms. The molecule has 8 heteroatoms. The Morgan fingerprint density at radius 3 is 2.66 bits per heavy atom. The lowest BCUT2D eigenvalue weighted by molar-refractivity contribution is -0.116. The quantitative estimate of drug-likeness (QED) is 0.499. The Labute approximate surface area is 184 Å². The van der Waals surface area contributed by atoms with Crippen LogP contribution in [0.5, 0.6) is 5.75 Å². The summed E-state index contributed by atoms with van der Waals surface area (Å²) in [4.78, 5) is 30.0. The van der Waals surface area contributed by atoms with Gasteiger partial charge in [0.15, 0.2) is 0 Å². The Morgan fingerprint density at radius 2 is 1.88 bits per heavy atom. The fourth-order valence-corrected chi connectivity index (χ4v) is 3.35. The fourth-order valence-electron chi connectivity index (χ4n) is 3.35. The number of amides is 1. The van der Waals surface area contributed by atoms with Crippen LogP contribution in [0.3, 0.4) is 0 Å².